The molecule has 1 aliphatic heterocycles. The Morgan fingerprint density at radius 2 is 2.14 bits per heavy atom. The zero-order valence-electron chi connectivity index (χ0n) is 11.5. The highest BCUT2D eigenvalue weighted by Crippen LogP contribution is 2.36. The number of halogens is 1. The molecule has 2 amide bonds. The van der Waals surface area contributed by atoms with Crippen LogP contribution in [0.15, 0.2) is 16.6 Å². The number of carbonyl (C=O) groups is 3. The number of carbonyl (C=O) groups excluding carboxylic acids is 2. The van der Waals surface area contributed by atoms with Gasteiger partial charge >= 0.3 is 5.97 Å². The Hall–Kier alpha value is -2.09. The van der Waals surface area contributed by atoms with Crippen LogP contribution in [-0.2, 0) is 9.59 Å². The minimum absolute atomic E-state index is 0.0212. The molecular weight excluding hydrogens is 356 g/mol. The van der Waals surface area contributed by atoms with Gasteiger partial charge in [-0.2, -0.15) is 0 Å². The summed E-state index contributed by atoms with van der Waals surface area (Å²) in [6, 6.07) is 3.09. The summed E-state index contributed by atoms with van der Waals surface area (Å²) in [4.78, 5) is 36.2. The van der Waals surface area contributed by atoms with Crippen LogP contribution in [-0.4, -0.2) is 47.0 Å². The first-order valence-electron chi connectivity index (χ1n) is 6.74. The van der Waals surface area contributed by atoms with E-state index in [0.29, 0.717) is 21.5 Å². The molecule has 0 saturated heterocycles. The Bertz CT molecular complexity index is 671. The van der Waals surface area contributed by atoms with Crippen molar-refractivity contribution in [2.45, 2.75) is 18.9 Å². The number of nitrogens with one attached hydrogen (secondary N) is 1. The summed E-state index contributed by atoms with van der Waals surface area (Å²) in [5.41, 5.74) is 0.805. The number of anilines is 1. The number of carboxylic acids is 1. The molecule has 2 aliphatic rings. The number of aliphatic carboxylic acids is 1. The van der Waals surface area contributed by atoms with E-state index >= 15 is 0 Å². The first-order valence-corrected chi connectivity index (χ1v) is 7.54. The molecule has 0 atom stereocenters. The molecule has 1 fully saturated rings. The number of fused-ring (bicyclic) bond motifs is 1. The molecule has 0 aromatic heterocycles. The number of hydrogen-bond acceptors (Lipinski definition) is 4. The maximum absolute atomic E-state index is 12.6. The summed E-state index contributed by atoms with van der Waals surface area (Å²) in [5.74, 6) is -1.26. The second-order valence-corrected chi connectivity index (χ2v) is 6.08. The molecule has 1 aromatic carbocycles. The molecule has 1 aromatic rings. The average molecular weight is 369 g/mol. The lowest BCUT2D eigenvalue weighted by Crippen LogP contribution is -2.37. The molecule has 3 rings (SSSR count). The molecule has 1 aliphatic carbocycles. The minimum Gasteiger partial charge on any atom is -0.482 e. The van der Waals surface area contributed by atoms with Gasteiger partial charge in [0.15, 0.2) is 6.61 Å². The number of amides is 2. The molecule has 7 nitrogen and oxygen atoms in total. The third-order valence-electron chi connectivity index (χ3n) is 3.49. The minimum atomic E-state index is -1.04. The Morgan fingerprint density at radius 1 is 1.41 bits per heavy atom. The Kier molecular flexibility index (Phi) is 3.78. The molecule has 0 spiro atoms. The lowest BCUT2D eigenvalue weighted by molar-refractivity contribution is -0.137. The fourth-order valence-electron chi connectivity index (χ4n) is 2.32. The van der Waals surface area contributed by atoms with Crippen LogP contribution in [0.2, 0.25) is 0 Å². The maximum Gasteiger partial charge on any atom is 0.323 e. The van der Waals surface area contributed by atoms with Crippen molar-refractivity contribution in [3.05, 3.63) is 22.2 Å². The van der Waals surface area contributed by atoms with Gasteiger partial charge in [-0.05, 0) is 40.9 Å². The molecule has 116 valence electrons. The predicted octanol–water partition coefficient (Wildman–Crippen LogP) is 1.47. The zero-order valence-corrected chi connectivity index (χ0v) is 13.1. The number of ether oxygens (including phenoxy) is 1. The van der Waals surface area contributed by atoms with Gasteiger partial charge in [0.2, 0.25) is 0 Å². The second-order valence-electron chi connectivity index (χ2n) is 5.22. The predicted molar refractivity (Wildman–Crippen MR) is 80.0 cm³/mol. The monoisotopic (exact) mass is 368 g/mol. The molecule has 1 saturated carbocycles. The van der Waals surface area contributed by atoms with Crippen molar-refractivity contribution in [1.82, 2.24) is 4.90 Å². The summed E-state index contributed by atoms with van der Waals surface area (Å²) < 4.78 is 5.78. The topological polar surface area (TPSA) is 95.9 Å². The molecule has 0 radical (unpaired) electrons. The molecule has 22 heavy (non-hydrogen) atoms. The maximum atomic E-state index is 12.6. The first kappa shape index (κ1) is 14.8. The third kappa shape index (κ3) is 2.92. The van der Waals surface area contributed by atoms with E-state index in [4.69, 9.17) is 9.84 Å². The van der Waals surface area contributed by atoms with Crippen molar-refractivity contribution in [1.29, 1.82) is 0 Å². The lowest BCUT2D eigenvalue weighted by Gasteiger charge is -2.23. The Balaban J connectivity index is 1.91. The molecule has 0 bridgehead atoms. The fourth-order valence-corrected chi connectivity index (χ4v) is 2.83. The van der Waals surface area contributed by atoms with Crippen LogP contribution >= 0.6 is 15.9 Å². The highest BCUT2D eigenvalue weighted by Gasteiger charge is 2.35. The van der Waals surface area contributed by atoms with Gasteiger partial charge in [0.25, 0.3) is 11.8 Å². The molecule has 2 N–H and O–H groups in total. The van der Waals surface area contributed by atoms with Crippen LogP contribution in [0.1, 0.15) is 23.2 Å². The standard InChI is InChI=1S/C14H13BrN2O5/c15-9-4-10-11(22-6-12(18)16-10)3-8(9)14(21)17(5-13(19)20)7-1-2-7/h3-4,7H,1-2,5-6H2,(H,16,18)(H,19,20). The van der Waals surface area contributed by atoms with Crippen LogP contribution in [0, 0.1) is 0 Å². The van der Waals surface area contributed by atoms with Gasteiger partial charge in [0.1, 0.15) is 12.3 Å². The van der Waals surface area contributed by atoms with E-state index in [2.05, 4.69) is 21.2 Å². The van der Waals surface area contributed by atoms with Crippen LogP contribution < -0.4 is 10.1 Å². The van der Waals surface area contributed by atoms with Gasteiger partial charge in [0, 0.05) is 10.5 Å². The Morgan fingerprint density at radius 3 is 2.77 bits per heavy atom. The molecular formula is C14H13BrN2O5. The largest absolute Gasteiger partial charge is 0.482 e. The van der Waals surface area contributed by atoms with Crippen LogP contribution in [0.5, 0.6) is 5.75 Å². The smallest absolute Gasteiger partial charge is 0.323 e. The van der Waals surface area contributed by atoms with Crippen molar-refractivity contribution < 1.29 is 24.2 Å². The van der Waals surface area contributed by atoms with Gasteiger partial charge in [-0.3, -0.25) is 14.4 Å². The van der Waals surface area contributed by atoms with E-state index < -0.39 is 5.97 Å². The molecule has 1 heterocycles. The third-order valence-corrected chi connectivity index (χ3v) is 4.14. The summed E-state index contributed by atoms with van der Waals surface area (Å²) in [7, 11) is 0. The summed E-state index contributed by atoms with van der Waals surface area (Å²) in [5, 5.41) is 11.6. The van der Waals surface area contributed by atoms with Crippen molar-refractivity contribution in [3.63, 3.8) is 0 Å². The van der Waals surface area contributed by atoms with E-state index in [9.17, 15) is 14.4 Å². The average Bonchev–Trinajstić information content (AvgIpc) is 3.27. The van der Waals surface area contributed by atoms with E-state index in [1.54, 1.807) is 6.07 Å². The van der Waals surface area contributed by atoms with Crippen molar-refractivity contribution in [2.75, 3.05) is 18.5 Å². The summed E-state index contributed by atoms with van der Waals surface area (Å²) in [6.07, 6.45) is 1.63. The SMILES string of the molecule is O=C(O)CN(C(=O)c1cc2c(cc1Br)NC(=O)CO2)C1CC1. The normalized spacial score (nSPS) is 16.3. The van der Waals surface area contributed by atoms with Crippen LogP contribution in [0.25, 0.3) is 0 Å². The Labute approximate surface area is 134 Å². The van der Waals surface area contributed by atoms with E-state index in [0.717, 1.165) is 12.8 Å². The lowest BCUT2D eigenvalue weighted by atomic mass is 10.1. The number of carboxylic acid groups (broad SMARTS) is 1. The van der Waals surface area contributed by atoms with Crippen molar-refractivity contribution in [3.8, 4) is 5.75 Å². The van der Waals surface area contributed by atoms with Gasteiger partial charge < -0.3 is 20.1 Å². The first-order chi connectivity index (χ1) is 10.5. The van der Waals surface area contributed by atoms with Crippen LogP contribution in [0.3, 0.4) is 0 Å². The fraction of sp³-hybridized carbons (Fsp3) is 0.357. The van der Waals surface area contributed by atoms with Crippen molar-refractivity contribution >= 4 is 39.4 Å². The molecule has 0 unspecified atom stereocenters. The second kappa shape index (κ2) is 5.60. The zero-order chi connectivity index (χ0) is 15.9. The van der Waals surface area contributed by atoms with Gasteiger partial charge in [-0.15, -0.1) is 0 Å². The van der Waals surface area contributed by atoms with E-state index in [1.165, 1.54) is 11.0 Å². The quantitative estimate of drug-likeness (QED) is 0.838. The van der Waals surface area contributed by atoms with Gasteiger partial charge in [-0.25, -0.2) is 0 Å². The number of nitrogens with zero attached hydrogens (tertiary/aromatic N) is 1. The van der Waals surface area contributed by atoms with Crippen molar-refractivity contribution in [2.24, 2.45) is 0 Å². The van der Waals surface area contributed by atoms with Gasteiger partial charge in [-0.1, -0.05) is 0 Å². The van der Waals surface area contributed by atoms with E-state index in [1.807, 2.05) is 0 Å². The number of hydrogen-bond donors (Lipinski definition) is 2. The van der Waals surface area contributed by atoms with Crippen LogP contribution in [0.4, 0.5) is 5.69 Å². The van der Waals surface area contributed by atoms with E-state index in [-0.39, 0.29) is 31.0 Å². The summed E-state index contributed by atoms with van der Waals surface area (Å²) >= 11 is 3.30. The number of benzene rings is 1. The summed E-state index contributed by atoms with van der Waals surface area (Å²) in [6.45, 7) is -0.436. The molecule has 8 heteroatoms. The number of rotatable bonds is 4. The van der Waals surface area contributed by atoms with Gasteiger partial charge in [0.05, 0.1) is 11.3 Å². The highest BCUT2D eigenvalue weighted by molar-refractivity contribution is 9.10. The highest BCUT2D eigenvalue weighted by atomic mass is 79.9.